The van der Waals surface area contributed by atoms with Gasteiger partial charge in [-0.2, -0.15) is 0 Å². The third kappa shape index (κ3) is 5.02. The summed E-state index contributed by atoms with van der Waals surface area (Å²) in [6.07, 6.45) is 6.86. The molecule has 1 N–H and O–H groups in total. The molecule has 1 nitrogen and oxygen atoms in total. The molecule has 0 aliphatic carbocycles. The van der Waals surface area contributed by atoms with Crippen molar-refractivity contribution < 1.29 is 0 Å². The van der Waals surface area contributed by atoms with Gasteiger partial charge in [0, 0.05) is 6.04 Å². The van der Waals surface area contributed by atoms with Crippen LogP contribution >= 0.6 is 0 Å². The van der Waals surface area contributed by atoms with E-state index in [0.717, 1.165) is 0 Å². The van der Waals surface area contributed by atoms with Crippen molar-refractivity contribution in [2.45, 2.75) is 39.7 Å². The summed E-state index contributed by atoms with van der Waals surface area (Å²) in [7, 11) is 2.04. The largest absolute Gasteiger partial charge is 0.317 e. The van der Waals surface area contributed by atoms with Crippen LogP contribution in [0.5, 0.6) is 0 Å². The van der Waals surface area contributed by atoms with Crippen LogP contribution in [0.15, 0.2) is 12.2 Å². The van der Waals surface area contributed by atoms with Crippen LogP contribution in [0.25, 0.3) is 0 Å². The second kappa shape index (κ2) is 6.41. The molecule has 0 aromatic carbocycles. The van der Waals surface area contributed by atoms with Crippen molar-refractivity contribution in [2.75, 3.05) is 7.05 Å². The zero-order valence-electron chi connectivity index (χ0n) is 8.22. The number of hydrogen-bond acceptors (Lipinski definition) is 1. The molecule has 0 aromatic rings. The molecular weight excluding hydrogens is 134 g/mol. The molecule has 0 amide bonds. The minimum atomic E-state index is 0.682. The van der Waals surface area contributed by atoms with Gasteiger partial charge in [-0.25, -0.2) is 0 Å². The molecule has 0 radical (unpaired) electrons. The monoisotopic (exact) mass is 155 g/mol. The maximum Gasteiger partial charge on any atom is 0.00669 e. The fourth-order valence-electron chi connectivity index (χ4n) is 1.34. The van der Waals surface area contributed by atoms with Crippen molar-refractivity contribution in [3.63, 3.8) is 0 Å². The number of allylic oxidation sites excluding steroid dienone is 2. The lowest BCUT2D eigenvalue weighted by Crippen LogP contribution is -2.25. The smallest absolute Gasteiger partial charge is 0.00669 e. The summed E-state index contributed by atoms with van der Waals surface area (Å²) in [5, 5.41) is 3.31. The van der Waals surface area contributed by atoms with Crippen LogP contribution in [-0.2, 0) is 0 Å². The molecule has 0 saturated heterocycles. The van der Waals surface area contributed by atoms with Crippen molar-refractivity contribution in [2.24, 2.45) is 5.92 Å². The Labute approximate surface area is 70.9 Å². The van der Waals surface area contributed by atoms with E-state index in [4.69, 9.17) is 0 Å². The van der Waals surface area contributed by atoms with Crippen LogP contribution in [0.1, 0.15) is 33.6 Å². The standard InChI is InChI=1S/C10H21N/c1-5-7-9(3)8-10(6-2)11-4/h5,7,9-11H,6,8H2,1-4H3/b7-5-. The summed E-state index contributed by atoms with van der Waals surface area (Å²) >= 11 is 0. The third-order valence-electron chi connectivity index (χ3n) is 2.08. The van der Waals surface area contributed by atoms with E-state index in [1.807, 2.05) is 7.05 Å². The molecule has 0 fully saturated rings. The molecule has 0 bridgehead atoms. The van der Waals surface area contributed by atoms with Crippen molar-refractivity contribution >= 4 is 0 Å². The molecular formula is C10H21N. The number of nitrogens with one attached hydrogen (secondary N) is 1. The lowest BCUT2D eigenvalue weighted by molar-refractivity contribution is 0.457. The van der Waals surface area contributed by atoms with Gasteiger partial charge in [0.2, 0.25) is 0 Å². The van der Waals surface area contributed by atoms with Crippen LogP contribution in [0, 0.1) is 5.92 Å². The Balaban J connectivity index is 3.61. The molecule has 0 aliphatic rings. The Morgan fingerprint density at radius 2 is 2.09 bits per heavy atom. The zero-order chi connectivity index (χ0) is 8.69. The highest BCUT2D eigenvalue weighted by Crippen LogP contribution is 2.09. The minimum Gasteiger partial charge on any atom is -0.317 e. The molecule has 0 spiro atoms. The molecule has 66 valence electrons. The van der Waals surface area contributed by atoms with E-state index in [1.54, 1.807) is 0 Å². The second-order valence-corrected chi connectivity index (χ2v) is 3.13. The first-order valence-corrected chi connectivity index (χ1v) is 4.54. The molecule has 0 aliphatic heterocycles. The lowest BCUT2D eigenvalue weighted by atomic mass is 10.00. The molecule has 0 heterocycles. The normalized spacial score (nSPS) is 17.1. The summed E-state index contributed by atoms with van der Waals surface area (Å²) in [6, 6.07) is 0.682. The summed E-state index contributed by atoms with van der Waals surface area (Å²) in [6.45, 7) is 6.57. The minimum absolute atomic E-state index is 0.682. The SMILES string of the molecule is C/C=C\C(C)CC(CC)NC. The fraction of sp³-hybridized carbons (Fsp3) is 0.800. The lowest BCUT2D eigenvalue weighted by Gasteiger charge is -2.16. The Bertz CT molecular complexity index is 103. The maximum absolute atomic E-state index is 3.31. The van der Waals surface area contributed by atoms with Gasteiger partial charge in [0.25, 0.3) is 0 Å². The first kappa shape index (κ1) is 10.7. The highest BCUT2D eigenvalue weighted by atomic mass is 14.9. The van der Waals surface area contributed by atoms with Gasteiger partial charge in [-0.1, -0.05) is 26.0 Å². The van der Waals surface area contributed by atoms with E-state index in [2.05, 4.69) is 38.2 Å². The average Bonchev–Trinajstić information content (AvgIpc) is 2.01. The summed E-state index contributed by atoms with van der Waals surface area (Å²) in [4.78, 5) is 0. The van der Waals surface area contributed by atoms with Gasteiger partial charge in [-0.15, -0.1) is 0 Å². The highest BCUT2D eigenvalue weighted by molar-refractivity contribution is 4.85. The molecule has 2 unspecified atom stereocenters. The number of rotatable bonds is 5. The van der Waals surface area contributed by atoms with Gasteiger partial charge in [0.05, 0.1) is 0 Å². The van der Waals surface area contributed by atoms with E-state index in [9.17, 15) is 0 Å². The fourth-order valence-corrected chi connectivity index (χ4v) is 1.34. The Hall–Kier alpha value is -0.300. The van der Waals surface area contributed by atoms with Gasteiger partial charge in [0.1, 0.15) is 0 Å². The van der Waals surface area contributed by atoms with Gasteiger partial charge in [-0.3, -0.25) is 0 Å². The van der Waals surface area contributed by atoms with Gasteiger partial charge >= 0.3 is 0 Å². The van der Waals surface area contributed by atoms with Crippen LogP contribution in [0.3, 0.4) is 0 Å². The van der Waals surface area contributed by atoms with E-state index < -0.39 is 0 Å². The Kier molecular flexibility index (Phi) is 6.24. The molecule has 2 atom stereocenters. The van der Waals surface area contributed by atoms with Crippen LogP contribution in [0.4, 0.5) is 0 Å². The van der Waals surface area contributed by atoms with Crippen LogP contribution in [0.2, 0.25) is 0 Å². The van der Waals surface area contributed by atoms with E-state index in [-0.39, 0.29) is 0 Å². The molecule has 0 rings (SSSR count). The summed E-state index contributed by atoms with van der Waals surface area (Å²) in [5.74, 6) is 0.706. The quantitative estimate of drug-likeness (QED) is 0.602. The van der Waals surface area contributed by atoms with Crippen LogP contribution in [-0.4, -0.2) is 13.1 Å². The maximum atomic E-state index is 3.31. The summed E-state index contributed by atoms with van der Waals surface area (Å²) < 4.78 is 0. The molecule has 0 aromatic heterocycles. The topological polar surface area (TPSA) is 12.0 Å². The number of hydrogen-bond donors (Lipinski definition) is 1. The first-order chi connectivity index (χ1) is 5.24. The van der Waals surface area contributed by atoms with E-state index >= 15 is 0 Å². The molecule has 0 saturated carbocycles. The van der Waals surface area contributed by atoms with Crippen molar-refractivity contribution in [3.05, 3.63) is 12.2 Å². The molecule has 1 heteroatoms. The second-order valence-electron chi connectivity index (χ2n) is 3.13. The Morgan fingerprint density at radius 3 is 2.45 bits per heavy atom. The van der Waals surface area contributed by atoms with Crippen molar-refractivity contribution in [3.8, 4) is 0 Å². The van der Waals surface area contributed by atoms with Crippen LogP contribution < -0.4 is 5.32 Å². The predicted octanol–water partition coefficient (Wildman–Crippen LogP) is 2.59. The summed E-state index contributed by atoms with van der Waals surface area (Å²) in [5.41, 5.74) is 0. The van der Waals surface area contributed by atoms with Gasteiger partial charge in [-0.05, 0) is 32.7 Å². The average molecular weight is 155 g/mol. The Morgan fingerprint density at radius 1 is 1.45 bits per heavy atom. The highest BCUT2D eigenvalue weighted by Gasteiger charge is 2.05. The van der Waals surface area contributed by atoms with E-state index in [1.165, 1.54) is 12.8 Å². The van der Waals surface area contributed by atoms with Gasteiger partial charge < -0.3 is 5.32 Å². The zero-order valence-corrected chi connectivity index (χ0v) is 8.22. The third-order valence-corrected chi connectivity index (χ3v) is 2.08. The molecule has 11 heavy (non-hydrogen) atoms. The van der Waals surface area contributed by atoms with Crippen molar-refractivity contribution in [1.82, 2.24) is 5.32 Å². The van der Waals surface area contributed by atoms with Crippen molar-refractivity contribution in [1.29, 1.82) is 0 Å². The van der Waals surface area contributed by atoms with E-state index in [0.29, 0.717) is 12.0 Å². The van der Waals surface area contributed by atoms with Gasteiger partial charge in [0.15, 0.2) is 0 Å². The first-order valence-electron chi connectivity index (χ1n) is 4.54. The predicted molar refractivity (Wildman–Crippen MR) is 51.7 cm³/mol.